The van der Waals surface area contributed by atoms with Crippen molar-refractivity contribution in [2.24, 2.45) is 17.3 Å². The standard InChI is InChI=1S/C51H67N7O8/c1-10-45(61)56-21-18-36(28-56)49(63)55(8)46(32(3)4)48(62)53-42(50(64)58-20-13-14-33(5)54-58)24-34-22-37(25-38(60)23-34)35-16-17-44-40(26-35)41(27-51(6,7)30-66-31-59)47(57(44)11-2)39-15-12-19-52-43(39)29-65-9/h10,12,15-17,19,22-23,25-26,31-33,36,42,46,54,60H,1,11,13-14,18,20-21,24,27-30H2,2-9H3,(H,53,62)/t33-,36+,42+,46?/m1/s1. The molecule has 2 fully saturated rings. The Balaban J connectivity index is 1.38. The number of carbonyl (C=O) groups is 5. The lowest BCUT2D eigenvalue weighted by atomic mass is 9.84. The molecule has 4 aromatic rings. The number of pyridine rings is 1. The Morgan fingerprint density at radius 2 is 1.86 bits per heavy atom. The minimum atomic E-state index is -1.05. The summed E-state index contributed by atoms with van der Waals surface area (Å²) in [5.41, 5.74) is 9.78. The molecule has 6 rings (SSSR count). The SMILES string of the molecule is C=CC(=O)N1CC[C@H](C(=O)N(C)C(C(=O)N[C@@H](Cc2cc(O)cc(-c3ccc4c(c3)c(CC(C)(C)COC=O)c(-c3cccnc3COC)n4CC)c2)C(=O)N2CCC[C@@H](C)N2)C(C)C)C1. The van der Waals surface area contributed by atoms with Crippen molar-refractivity contribution in [3.63, 3.8) is 0 Å². The van der Waals surface area contributed by atoms with Crippen molar-refractivity contribution in [1.29, 1.82) is 0 Å². The number of carbonyl (C=O) groups excluding carboxylic acids is 5. The van der Waals surface area contributed by atoms with E-state index in [9.17, 15) is 29.1 Å². The summed E-state index contributed by atoms with van der Waals surface area (Å²) in [7, 11) is 3.25. The van der Waals surface area contributed by atoms with Gasteiger partial charge in [0.15, 0.2) is 0 Å². The second-order valence-electron chi connectivity index (χ2n) is 18.9. The van der Waals surface area contributed by atoms with E-state index in [-0.39, 0.29) is 55.0 Å². The molecule has 4 heterocycles. The van der Waals surface area contributed by atoms with E-state index in [1.807, 2.05) is 39.0 Å². The van der Waals surface area contributed by atoms with Gasteiger partial charge in [0.2, 0.25) is 17.7 Å². The maximum absolute atomic E-state index is 14.5. The van der Waals surface area contributed by atoms with E-state index < -0.39 is 29.3 Å². The van der Waals surface area contributed by atoms with Gasteiger partial charge < -0.3 is 34.3 Å². The number of amides is 4. The van der Waals surface area contributed by atoms with Crippen molar-refractivity contribution < 1.29 is 38.6 Å². The number of hydrazine groups is 1. The van der Waals surface area contributed by atoms with Gasteiger partial charge >= 0.3 is 0 Å². The highest BCUT2D eigenvalue weighted by Gasteiger charge is 2.39. The number of rotatable bonds is 19. The summed E-state index contributed by atoms with van der Waals surface area (Å²) < 4.78 is 13.1. The molecule has 2 aliphatic rings. The molecule has 0 saturated carbocycles. The third-order valence-corrected chi connectivity index (χ3v) is 12.8. The van der Waals surface area contributed by atoms with E-state index in [2.05, 4.69) is 65.8 Å². The summed E-state index contributed by atoms with van der Waals surface area (Å²) in [6, 6.07) is 13.5. The highest BCUT2D eigenvalue weighted by molar-refractivity contribution is 5.96. The first kappa shape index (κ1) is 49.4. The average molecular weight is 906 g/mol. The topological polar surface area (TPSA) is 176 Å². The first-order valence-corrected chi connectivity index (χ1v) is 23.0. The van der Waals surface area contributed by atoms with Crippen LogP contribution in [0.4, 0.5) is 0 Å². The summed E-state index contributed by atoms with van der Waals surface area (Å²) in [5, 5.41) is 16.9. The van der Waals surface area contributed by atoms with Crippen LogP contribution < -0.4 is 10.7 Å². The predicted molar refractivity (Wildman–Crippen MR) is 254 cm³/mol. The zero-order valence-corrected chi connectivity index (χ0v) is 39.8. The van der Waals surface area contributed by atoms with Crippen molar-refractivity contribution in [2.75, 3.05) is 40.4 Å². The van der Waals surface area contributed by atoms with E-state index >= 15 is 0 Å². The molecule has 0 aliphatic carbocycles. The van der Waals surface area contributed by atoms with Crippen LogP contribution in [0.3, 0.4) is 0 Å². The minimum absolute atomic E-state index is 0.00507. The summed E-state index contributed by atoms with van der Waals surface area (Å²) in [6.07, 6.45) is 5.77. The van der Waals surface area contributed by atoms with Gasteiger partial charge in [-0.25, -0.2) is 5.43 Å². The van der Waals surface area contributed by atoms with Crippen LogP contribution in [0.2, 0.25) is 0 Å². The van der Waals surface area contributed by atoms with Crippen molar-refractivity contribution in [1.82, 2.24) is 35.1 Å². The van der Waals surface area contributed by atoms with Gasteiger partial charge in [0, 0.05) is 80.9 Å². The monoisotopic (exact) mass is 906 g/mol. The van der Waals surface area contributed by atoms with Crippen molar-refractivity contribution in [2.45, 2.75) is 105 Å². The molecule has 2 saturated heterocycles. The van der Waals surface area contributed by atoms with Crippen LogP contribution in [0, 0.1) is 17.3 Å². The summed E-state index contributed by atoms with van der Waals surface area (Å²) in [5.74, 6) is -2.06. The lowest BCUT2D eigenvalue weighted by Gasteiger charge is -2.36. The predicted octanol–water partition coefficient (Wildman–Crippen LogP) is 6.04. The van der Waals surface area contributed by atoms with Gasteiger partial charge in [-0.15, -0.1) is 0 Å². The first-order chi connectivity index (χ1) is 31.5. The molecule has 66 heavy (non-hydrogen) atoms. The number of aromatic hydroxyl groups is 1. The van der Waals surface area contributed by atoms with Crippen molar-refractivity contribution >= 4 is 41.0 Å². The summed E-state index contributed by atoms with van der Waals surface area (Å²) in [4.78, 5) is 74.1. The van der Waals surface area contributed by atoms with Crippen LogP contribution in [0.5, 0.6) is 5.75 Å². The molecule has 1 unspecified atom stereocenters. The molecule has 15 nitrogen and oxygen atoms in total. The van der Waals surface area contributed by atoms with Gasteiger partial charge in [0.25, 0.3) is 12.4 Å². The average Bonchev–Trinajstić information content (AvgIpc) is 3.90. The number of aromatic nitrogens is 2. The zero-order chi connectivity index (χ0) is 47.9. The highest BCUT2D eigenvalue weighted by Crippen LogP contribution is 2.41. The number of likely N-dealkylation sites (N-methyl/N-ethyl adjacent to an activating group) is 1. The number of ether oxygens (including phenoxy) is 2. The minimum Gasteiger partial charge on any atom is -0.508 e. The fraction of sp³-hybridized carbons (Fsp3) is 0.490. The number of phenolic OH excluding ortho intramolecular Hbond substituents is 1. The Kier molecular flexibility index (Phi) is 16.1. The molecule has 3 N–H and O–H groups in total. The fourth-order valence-electron chi connectivity index (χ4n) is 9.72. The molecule has 354 valence electrons. The third kappa shape index (κ3) is 11.1. The van der Waals surface area contributed by atoms with Gasteiger partial charge in [-0.2, -0.15) is 0 Å². The number of methoxy groups -OCH3 is 1. The Morgan fingerprint density at radius 1 is 1.09 bits per heavy atom. The molecule has 2 aliphatic heterocycles. The molecule has 0 bridgehead atoms. The second kappa shape index (κ2) is 21.5. The number of hydrogen-bond acceptors (Lipinski definition) is 10. The van der Waals surface area contributed by atoms with Gasteiger partial charge in [-0.3, -0.25) is 34.0 Å². The fourth-order valence-corrected chi connectivity index (χ4v) is 9.72. The number of likely N-dealkylation sites (tertiary alicyclic amines) is 1. The Bertz CT molecular complexity index is 2430. The molecule has 0 radical (unpaired) electrons. The second-order valence-corrected chi connectivity index (χ2v) is 18.9. The molecule has 2 aromatic heterocycles. The van der Waals surface area contributed by atoms with Crippen LogP contribution >= 0.6 is 0 Å². The number of nitrogens with zero attached hydrogens (tertiary/aromatic N) is 5. The van der Waals surface area contributed by atoms with Crippen molar-refractivity contribution in [3.05, 3.63) is 84.2 Å². The molecule has 4 atom stereocenters. The maximum atomic E-state index is 14.5. The van der Waals surface area contributed by atoms with Crippen molar-refractivity contribution in [3.8, 4) is 28.1 Å². The van der Waals surface area contributed by atoms with Gasteiger partial charge in [-0.05, 0) is 110 Å². The maximum Gasteiger partial charge on any atom is 0.293 e. The van der Waals surface area contributed by atoms with Crippen LogP contribution in [0.25, 0.3) is 33.3 Å². The summed E-state index contributed by atoms with van der Waals surface area (Å²) in [6.45, 7) is 18.3. The zero-order valence-electron chi connectivity index (χ0n) is 39.8. The number of aryl methyl sites for hydroxylation is 1. The number of fused-ring (bicyclic) bond motifs is 1. The van der Waals surface area contributed by atoms with Gasteiger partial charge in [0.05, 0.1) is 30.5 Å². The van der Waals surface area contributed by atoms with Gasteiger partial charge in [0.1, 0.15) is 17.8 Å². The summed E-state index contributed by atoms with van der Waals surface area (Å²) >= 11 is 0. The molecule has 2 aromatic carbocycles. The lowest BCUT2D eigenvalue weighted by Crippen LogP contribution is -2.60. The van der Waals surface area contributed by atoms with Crippen LogP contribution in [0.15, 0.2) is 67.4 Å². The number of benzene rings is 2. The van der Waals surface area contributed by atoms with E-state index in [1.165, 1.54) is 11.0 Å². The normalized spacial score (nSPS) is 17.4. The molecule has 15 heteroatoms. The Hall–Kier alpha value is -6.06. The molecular formula is C51H67N7O8. The molecule has 4 amide bonds. The Morgan fingerprint density at radius 3 is 2.55 bits per heavy atom. The van der Waals surface area contributed by atoms with E-state index in [0.717, 1.165) is 51.8 Å². The number of hydrogen-bond donors (Lipinski definition) is 3. The molecular weight excluding hydrogens is 839 g/mol. The third-order valence-electron chi connectivity index (χ3n) is 12.8. The number of phenols is 1. The van der Waals surface area contributed by atoms with Crippen LogP contribution in [-0.4, -0.2) is 118 Å². The van der Waals surface area contributed by atoms with E-state index in [0.29, 0.717) is 56.7 Å². The first-order valence-electron chi connectivity index (χ1n) is 23.0. The Labute approximate surface area is 388 Å². The largest absolute Gasteiger partial charge is 0.508 e. The van der Waals surface area contributed by atoms with E-state index in [1.54, 1.807) is 42.4 Å². The van der Waals surface area contributed by atoms with Gasteiger partial charge in [-0.1, -0.05) is 46.4 Å². The molecule has 0 spiro atoms. The van der Waals surface area contributed by atoms with Crippen LogP contribution in [-0.2, 0) is 59.4 Å². The highest BCUT2D eigenvalue weighted by atomic mass is 16.5. The number of nitrogens with one attached hydrogen (secondary N) is 2. The smallest absolute Gasteiger partial charge is 0.293 e. The quantitative estimate of drug-likeness (QED) is 0.0743. The van der Waals surface area contributed by atoms with E-state index in [4.69, 9.17) is 9.47 Å². The lowest BCUT2D eigenvalue weighted by molar-refractivity contribution is -0.146. The van der Waals surface area contributed by atoms with Crippen LogP contribution in [0.1, 0.15) is 77.6 Å².